The van der Waals surface area contributed by atoms with Crippen LogP contribution in [0.3, 0.4) is 0 Å². The first-order valence-corrected chi connectivity index (χ1v) is 10.6. The summed E-state index contributed by atoms with van der Waals surface area (Å²) in [5, 5.41) is 5.50. The molecule has 1 atom stereocenters. The zero-order valence-electron chi connectivity index (χ0n) is 18.1. The minimum Gasteiger partial charge on any atom is -0.463 e. The molecule has 4 heterocycles. The molecule has 0 saturated heterocycles. The van der Waals surface area contributed by atoms with Gasteiger partial charge in [-0.25, -0.2) is 9.97 Å². The van der Waals surface area contributed by atoms with Crippen molar-refractivity contribution in [3.63, 3.8) is 0 Å². The number of carbonyl (C=O) groups is 2. The van der Waals surface area contributed by atoms with Crippen molar-refractivity contribution >= 4 is 23.1 Å². The molecule has 0 aromatic carbocycles. The van der Waals surface area contributed by atoms with E-state index in [4.69, 9.17) is 4.74 Å². The predicted octanol–water partition coefficient (Wildman–Crippen LogP) is 2.54. The lowest BCUT2D eigenvalue weighted by Gasteiger charge is -2.28. The molecule has 2 aromatic rings. The van der Waals surface area contributed by atoms with Crippen molar-refractivity contribution in [2.45, 2.75) is 39.3 Å². The molecule has 0 saturated carbocycles. The Morgan fingerprint density at radius 3 is 2.90 bits per heavy atom. The summed E-state index contributed by atoms with van der Waals surface area (Å²) >= 11 is 0. The van der Waals surface area contributed by atoms with Crippen molar-refractivity contribution in [1.29, 1.82) is 0 Å². The summed E-state index contributed by atoms with van der Waals surface area (Å²) in [6, 6.07) is 5.69. The number of hydrogen-bond donors (Lipinski definition) is 2. The summed E-state index contributed by atoms with van der Waals surface area (Å²) in [5.74, 6) is 0.189. The van der Waals surface area contributed by atoms with Gasteiger partial charge in [-0.1, -0.05) is 19.1 Å². The minimum absolute atomic E-state index is 0.120. The third-order valence-electron chi connectivity index (χ3n) is 5.67. The molecular weight excluding hydrogens is 394 g/mol. The largest absolute Gasteiger partial charge is 0.463 e. The highest BCUT2D eigenvalue weighted by molar-refractivity contribution is 5.97. The maximum Gasteiger partial charge on any atom is 0.269 e. The number of fused-ring (bicyclic) bond motifs is 1. The fourth-order valence-corrected chi connectivity index (χ4v) is 3.95. The highest BCUT2D eigenvalue weighted by atomic mass is 16.5. The molecule has 2 aliphatic heterocycles. The maximum atomic E-state index is 12.1. The summed E-state index contributed by atoms with van der Waals surface area (Å²) in [4.78, 5) is 35.0. The minimum atomic E-state index is -0.472. The molecule has 0 bridgehead atoms. The molecule has 0 aliphatic carbocycles. The van der Waals surface area contributed by atoms with Crippen LogP contribution in [0, 0.1) is 6.92 Å². The molecule has 31 heavy (non-hydrogen) atoms. The Bertz CT molecular complexity index is 1050. The summed E-state index contributed by atoms with van der Waals surface area (Å²) in [6.45, 7) is 6.30. The molecular formula is C23H27N5O3. The SMILES string of the molecule is CCC1Oc2ncc(CN3CC=C(c4ccc(C(=O)NC)nc4C)CC3)cc2NC1=O. The molecule has 2 N–H and O–H groups in total. The third kappa shape index (κ3) is 4.44. The molecule has 2 amide bonds. The quantitative estimate of drug-likeness (QED) is 0.770. The Morgan fingerprint density at radius 1 is 1.39 bits per heavy atom. The van der Waals surface area contributed by atoms with Crippen LogP contribution in [0.5, 0.6) is 5.88 Å². The average Bonchev–Trinajstić information content (AvgIpc) is 2.78. The lowest BCUT2D eigenvalue weighted by Crippen LogP contribution is -2.37. The van der Waals surface area contributed by atoms with Crippen LogP contribution in [0.25, 0.3) is 5.57 Å². The number of aromatic nitrogens is 2. The number of pyridine rings is 2. The highest BCUT2D eigenvalue weighted by Crippen LogP contribution is 2.30. The van der Waals surface area contributed by atoms with Crippen molar-refractivity contribution in [2.75, 3.05) is 25.5 Å². The van der Waals surface area contributed by atoms with Crippen molar-refractivity contribution < 1.29 is 14.3 Å². The van der Waals surface area contributed by atoms with E-state index in [-0.39, 0.29) is 11.8 Å². The van der Waals surface area contributed by atoms with Gasteiger partial charge in [0, 0.05) is 38.6 Å². The number of anilines is 1. The van der Waals surface area contributed by atoms with Crippen LogP contribution in [0.2, 0.25) is 0 Å². The molecule has 8 nitrogen and oxygen atoms in total. The Kier molecular flexibility index (Phi) is 5.99. The van der Waals surface area contributed by atoms with Gasteiger partial charge in [-0.3, -0.25) is 14.5 Å². The Hall–Kier alpha value is -3.26. The van der Waals surface area contributed by atoms with Gasteiger partial charge in [-0.15, -0.1) is 0 Å². The monoisotopic (exact) mass is 421 g/mol. The number of amides is 2. The van der Waals surface area contributed by atoms with Crippen molar-refractivity contribution in [3.05, 3.63) is 53.0 Å². The van der Waals surface area contributed by atoms with E-state index in [0.717, 1.165) is 42.9 Å². The molecule has 1 unspecified atom stereocenters. The zero-order valence-corrected chi connectivity index (χ0v) is 18.1. The van der Waals surface area contributed by atoms with E-state index >= 15 is 0 Å². The summed E-state index contributed by atoms with van der Waals surface area (Å²) in [5.41, 5.74) is 5.30. The summed E-state index contributed by atoms with van der Waals surface area (Å²) in [7, 11) is 1.60. The van der Waals surface area contributed by atoms with E-state index < -0.39 is 6.10 Å². The highest BCUT2D eigenvalue weighted by Gasteiger charge is 2.27. The molecule has 4 rings (SSSR count). The van der Waals surface area contributed by atoms with E-state index in [1.807, 2.05) is 32.2 Å². The lowest BCUT2D eigenvalue weighted by molar-refractivity contribution is -0.123. The first kappa shape index (κ1) is 21.0. The van der Waals surface area contributed by atoms with E-state index in [2.05, 4.69) is 31.6 Å². The fourth-order valence-electron chi connectivity index (χ4n) is 3.95. The third-order valence-corrected chi connectivity index (χ3v) is 5.67. The van der Waals surface area contributed by atoms with Crippen LogP contribution < -0.4 is 15.4 Å². The molecule has 2 aliphatic rings. The van der Waals surface area contributed by atoms with Gasteiger partial charge in [0.05, 0.1) is 0 Å². The van der Waals surface area contributed by atoms with Crippen molar-refractivity contribution in [2.24, 2.45) is 0 Å². The van der Waals surface area contributed by atoms with Crippen molar-refractivity contribution in [3.8, 4) is 5.88 Å². The van der Waals surface area contributed by atoms with Crippen LogP contribution in [0.1, 0.15) is 47.1 Å². The van der Waals surface area contributed by atoms with Gasteiger partial charge in [0.1, 0.15) is 11.4 Å². The van der Waals surface area contributed by atoms with Crippen LogP contribution in [-0.2, 0) is 11.3 Å². The molecule has 0 fully saturated rings. The molecule has 0 radical (unpaired) electrons. The van der Waals surface area contributed by atoms with E-state index in [1.165, 1.54) is 5.57 Å². The predicted molar refractivity (Wildman–Crippen MR) is 118 cm³/mol. The molecule has 162 valence electrons. The smallest absolute Gasteiger partial charge is 0.269 e. The number of nitrogens with one attached hydrogen (secondary N) is 2. The summed E-state index contributed by atoms with van der Waals surface area (Å²) < 4.78 is 5.67. The standard InChI is InChI=1S/C23H27N5O3/c1-4-20-22(30)27-19-11-15(12-25-23(19)31-20)13-28-9-7-16(8-10-28)17-5-6-18(21(29)24-3)26-14(17)2/h5-7,11-12,20H,4,8-10,13H2,1-3H3,(H,24,29)(H,27,30). The number of ether oxygens (including phenoxy) is 1. The van der Waals surface area contributed by atoms with Gasteiger partial charge in [0.15, 0.2) is 6.10 Å². The lowest BCUT2D eigenvalue weighted by atomic mass is 9.97. The van der Waals surface area contributed by atoms with Crippen LogP contribution in [-0.4, -0.2) is 52.9 Å². The number of aryl methyl sites for hydroxylation is 1. The fraction of sp³-hybridized carbons (Fsp3) is 0.391. The Morgan fingerprint density at radius 2 is 2.23 bits per heavy atom. The van der Waals surface area contributed by atoms with Gasteiger partial charge in [0.25, 0.3) is 11.8 Å². The van der Waals surface area contributed by atoms with Crippen molar-refractivity contribution in [1.82, 2.24) is 20.2 Å². The van der Waals surface area contributed by atoms with Gasteiger partial charge in [-0.05, 0) is 48.6 Å². The van der Waals surface area contributed by atoms with Gasteiger partial charge < -0.3 is 15.4 Å². The van der Waals surface area contributed by atoms with E-state index in [0.29, 0.717) is 23.7 Å². The van der Waals surface area contributed by atoms with Crippen LogP contribution in [0.15, 0.2) is 30.5 Å². The molecule has 2 aromatic heterocycles. The summed E-state index contributed by atoms with van der Waals surface area (Å²) in [6.07, 6.45) is 5.07. The second kappa shape index (κ2) is 8.85. The van der Waals surface area contributed by atoms with Gasteiger partial charge >= 0.3 is 0 Å². The van der Waals surface area contributed by atoms with E-state index in [1.54, 1.807) is 13.1 Å². The Labute approximate surface area is 181 Å². The van der Waals surface area contributed by atoms with Gasteiger partial charge in [0.2, 0.25) is 5.88 Å². The first-order chi connectivity index (χ1) is 15.0. The second-order valence-electron chi connectivity index (χ2n) is 7.82. The normalized spacial score (nSPS) is 18.5. The number of nitrogens with zero attached hydrogens (tertiary/aromatic N) is 3. The zero-order chi connectivity index (χ0) is 22.0. The van der Waals surface area contributed by atoms with Gasteiger partial charge in [-0.2, -0.15) is 0 Å². The molecule has 8 heteroatoms. The van der Waals surface area contributed by atoms with Crippen LogP contribution in [0.4, 0.5) is 5.69 Å². The average molecular weight is 422 g/mol. The number of rotatable bonds is 5. The molecule has 0 spiro atoms. The Balaban J connectivity index is 1.42. The topological polar surface area (TPSA) is 96.4 Å². The maximum absolute atomic E-state index is 12.1. The first-order valence-electron chi connectivity index (χ1n) is 10.6. The second-order valence-corrected chi connectivity index (χ2v) is 7.82. The number of hydrogen-bond acceptors (Lipinski definition) is 6. The number of carbonyl (C=O) groups excluding carboxylic acids is 2. The van der Waals surface area contributed by atoms with E-state index in [9.17, 15) is 9.59 Å². The van der Waals surface area contributed by atoms with Crippen LogP contribution >= 0.6 is 0 Å².